The van der Waals surface area contributed by atoms with Crippen LogP contribution in [-0.2, 0) is 4.74 Å². The molecule has 84 valence electrons. The average Bonchev–Trinajstić information content (AvgIpc) is 2.25. The Hall–Kier alpha value is -0.570. The van der Waals surface area contributed by atoms with Crippen molar-refractivity contribution in [1.82, 2.24) is 5.32 Å². The van der Waals surface area contributed by atoms with Gasteiger partial charge in [0.1, 0.15) is 0 Å². The van der Waals surface area contributed by atoms with E-state index < -0.39 is 0 Å². The smallest absolute Gasteiger partial charge is 0.0474 e. The van der Waals surface area contributed by atoms with Gasteiger partial charge in [-0.05, 0) is 37.6 Å². The average molecular weight is 228 g/mol. The second-order valence-electron chi connectivity index (χ2n) is 3.57. The van der Waals surface area contributed by atoms with Crippen molar-refractivity contribution in [2.24, 2.45) is 0 Å². The van der Waals surface area contributed by atoms with Crippen molar-refractivity contribution < 1.29 is 4.74 Å². The molecule has 1 atom stereocenters. The summed E-state index contributed by atoms with van der Waals surface area (Å²) in [6.07, 6.45) is 1.04. The molecule has 1 rings (SSSR count). The zero-order valence-corrected chi connectivity index (χ0v) is 10.1. The molecule has 0 saturated carbocycles. The third-order valence-corrected chi connectivity index (χ3v) is 2.60. The molecule has 2 nitrogen and oxygen atoms in total. The second kappa shape index (κ2) is 6.83. The fourth-order valence-electron chi connectivity index (χ4n) is 1.40. The Morgan fingerprint density at radius 1 is 1.33 bits per heavy atom. The van der Waals surface area contributed by atoms with Crippen molar-refractivity contribution in [3.05, 3.63) is 34.9 Å². The molecule has 0 heterocycles. The molecular formula is C12H18ClNO. The molecule has 0 aliphatic carbocycles. The summed E-state index contributed by atoms with van der Waals surface area (Å²) in [7, 11) is 1.72. The standard InChI is InChI=1S/C12H18ClNO/c1-10(14-8-3-9-15-2)11-4-6-12(13)7-5-11/h4-7,10,14H,3,8-9H2,1-2H3/t10-/m0/s1. The highest BCUT2D eigenvalue weighted by atomic mass is 35.5. The number of rotatable bonds is 6. The van der Waals surface area contributed by atoms with Crippen molar-refractivity contribution in [3.63, 3.8) is 0 Å². The molecule has 0 amide bonds. The van der Waals surface area contributed by atoms with Gasteiger partial charge in [-0.25, -0.2) is 0 Å². The summed E-state index contributed by atoms with van der Waals surface area (Å²) < 4.78 is 4.99. The van der Waals surface area contributed by atoms with Gasteiger partial charge in [-0.1, -0.05) is 23.7 Å². The SMILES string of the molecule is COCCCN[C@@H](C)c1ccc(Cl)cc1. The van der Waals surface area contributed by atoms with Crippen molar-refractivity contribution in [1.29, 1.82) is 0 Å². The predicted octanol–water partition coefficient (Wildman–Crippen LogP) is 3.03. The minimum absolute atomic E-state index is 0.360. The van der Waals surface area contributed by atoms with Gasteiger partial charge in [0.15, 0.2) is 0 Å². The largest absolute Gasteiger partial charge is 0.385 e. The molecule has 0 aromatic heterocycles. The first-order chi connectivity index (χ1) is 7.24. The molecule has 0 aliphatic rings. The van der Waals surface area contributed by atoms with Crippen LogP contribution in [0.2, 0.25) is 5.02 Å². The van der Waals surface area contributed by atoms with Gasteiger partial charge in [0.05, 0.1) is 0 Å². The fraction of sp³-hybridized carbons (Fsp3) is 0.500. The summed E-state index contributed by atoms with van der Waals surface area (Å²) in [5.74, 6) is 0. The monoisotopic (exact) mass is 227 g/mol. The lowest BCUT2D eigenvalue weighted by atomic mass is 10.1. The molecule has 0 fully saturated rings. The lowest BCUT2D eigenvalue weighted by Crippen LogP contribution is -2.20. The van der Waals surface area contributed by atoms with Crippen LogP contribution < -0.4 is 5.32 Å². The third-order valence-electron chi connectivity index (χ3n) is 2.35. The summed E-state index contributed by atoms with van der Waals surface area (Å²) in [5.41, 5.74) is 1.26. The van der Waals surface area contributed by atoms with Gasteiger partial charge in [0, 0.05) is 24.8 Å². The molecule has 0 spiro atoms. The van der Waals surface area contributed by atoms with Crippen LogP contribution in [0.25, 0.3) is 0 Å². The van der Waals surface area contributed by atoms with E-state index in [0.717, 1.165) is 24.6 Å². The van der Waals surface area contributed by atoms with E-state index in [4.69, 9.17) is 16.3 Å². The predicted molar refractivity (Wildman–Crippen MR) is 64.4 cm³/mol. The Morgan fingerprint density at radius 2 is 2.00 bits per heavy atom. The number of hydrogen-bond acceptors (Lipinski definition) is 2. The molecule has 1 N–H and O–H groups in total. The molecular weight excluding hydrogens is 210 g/mol. The van der Waals surface area contributed by atoms with E-state index in [-0.39, 0.29) is 0 Å². The quantitative estimate of drug-likeness (QED) is 0.755. The van der Waals surface area contributed by atoms with Crippen LogP contribution >= 0.6 is 11.6 Å². The maximum absolute atomic E-state index is 5.83. The number of halogens is 1. The van der Waals surface area contributed by atoms with Gasteiger partial charge in [-0.2, -0.15) is 0 Å². The highest BCUT2D eigenvalue weighted by molar-refractivity contribution is 6.30. The highest BCUT2D eigenvalue weighted by Crippen LogP contribution is 2.15. The van der Waals surface area contributed by atoms with E-state index in [9.17, 15) is 0 Å². The van der Waals surface area contributed by atoms with Crippen molar-refractivity contribution in [3.8, 4) is 0 Å². The minimum Gasteiger partial charge on any atom is -0.385 e. The van der Waals surface area contributed by atoms with E-state index >= 15 is 0 Å². The summed E-state index contributed by atoms with van der Waals surface area (Å²) in [6.45, 7) is 3.92. The lowest BCUT2D eigenvalue weighted by molar-refractivity contribution is 0.193. The topological polar surface area (TPSA) is 21.3 Å². The van der Waals surface area contributed by atoms with E-state index in [0.29, 0.717) is 6.04 Å². The van der Waals surface area contributed by atoms with Crippen molar-refractivity contribution in [2.45, 2.75) is 19.4 Å². The fourth-order valence-corrected chi connectivity index (χ4v) is 1.53. The molecule has 1 aromatic carbocycles. The van der Waals surface area contributed by atoms with Gasteiger partial charge in [0.2, 0.25) is 0 Å². The Balaban J connectivity index is 2.33. The molecule has 15 heavy (non-hydrogen) atoms. The van der Waals surface area contributed by atoms with Crippen LogP contribution in [0.15, 0.2) is 24.3 Å². The van der Waals surface area contributed by atoms with Crippen LogP contribution in [0, 0.1) is 0 Å². The first kappa shape index (κ1) is 12.5. The number of nitrogens with one attached hydrogen (secondary N) is 1. The van der Waals surface area contributed by atoms with Crippen LogP contribution in [0.1, 0.15) is 24.9 Å². The van der Waals surface area contributed by atoms with Gasteiger partial charge in [-0.15, -0.1) is 0 Å². The van der Waals surface area contributed by atoms with Crippen molar-refractivity contribution >= 4 is 11.6 Å². The molecule has 0 aliphatic heterocycles. The van der Waals surface area contributed by atoms with Crippen molar-refractivity contribution in [2.75, 3.05) is 20.3 Å². The number of benzene rings is 1. The minimum atomic E-state index is 0.360. The zero-order chi connectivity index (χ0) is 11.1. The molecule has 0 saturated heterocycles. The van der Waals surface area contributed by atoms with E-state index in [2.05, 4.69) is 24.4 Å². The summed E-state index contributed by atoms with van der Waals surface area (Å²) in [5, 5.41) is 4.21. The van der Waals surface area contributed by atoms with Gasteiger partial charge < -0.3 is 10.1 Å². The Morgan fingerprint density at radius 3 is 2.60 bits per heavy atom. The molecule has 0 bridgehead atoms. The highest BCUT2D eigenvalue weighted by Gasteiger charge is 2.03. The Kier molecular flexibility index (Phi) is 5.69. The molecule has 3 heteroatoms. The maximum atomic E-state index is 5.83. The summed E-state index contributed by atoms with van der Waals surface area (Å²) >= 11 is 5.83. The lowest BCUT2D eigenvalue weighted by Gasteiger charge is -2.13. The zero-order valence-electron chi connectivity index (χ0n) is 9.29. The molecule has 1 aromatic rings. The normalized spacial score (nSPS) is 12.7. The first-order valence-electron chi connectivity index (χ1n) is 5.22. The third kappa shape index (κ3) is 4.65. The van der Waals surface area contributed by atoms with E-state index in [1.807, 2.05) is 12.1 Å². The van der Waals surface area contributed by atoms with Gasteiger partial charge in [0.25, 0.3) is 0 Å². The van der Waals surface area contributed by atoms with Gasteiger partial charge in [-0.3, -0.25) is 0 Å². The number of ether oxygens (including phenoxy) is 1. The Labute approximate surface area is 96.6 Å². The maximum Gasteiger partial charge on any atom is 0.0474 e. The number of methoxy groups -OCH3 is 1. The second-order valence-corrected chi connectivity index (χ2v) is 4.01. The molecule has 0 radical (unpaired) electrons. The Bertz CT molecular complexity index is 273. The van der Waals surface area contributed by atoms with E-state index in [1.165, 1.54) is 5.56 Å². The van der Waals surface area contributed by atoms with E-state index in [1.54, 1.807) is 7.11 Å². The van der Waals surface area contributed by atoms with Crippen LogP contribution in [0.4, 0.5) is 0 Å². The summed E-state index contributed by atoms with van der Waals surface area (Å²) in [6, 6.07) is 8.31. The van der Waals surface area contributed by atoms with Crippen LogP contribution in [-0.4, -0.2) is 20.3 Å². The summed E-state index contributed by atoms with van der Waals surface area (Å²) in [4.78, 5) is 0. The number of hydrogen-bond donors (Lipinski definition) is 1. The van der Waals surface area contributed by atoms with Gasteiger partial charge >= 0.3 is 0 Å². The molecule has 0 unspecified atom stereocenters. The van der Waals surface area contributed by atoms with Crippen LogP contribution in [0.3, 0.4) is 0 Å². The van der Waals surface area contributed by atoms with Crippen LogP contribution in [0.5, 0.6) is 0 Å². The first-order valence-corrected chi connectivity index (χ1v) is 5.59.